The van der Waals surface area contributed by atoms with Crippen LogP contribution in [0.4, 0.5) is 0 Å². The molecule has 1 amide bonds. The molecule has 22 heavy (non-hydrogen) atoms. The zero-order valence-electron chi connectivity index (χ0n) is 12.3. The van der Waals surface area contributed by atoms with Crippen LogP contribution in [-0.2, 0) is 16.0 Å². The monoisotopic (exact) mass is 319 g/mol. The first-order valence-corrected chi connectivity index (χ1v) is 7.80. The number of halogens is 1. The van der Waals surface area contributed by atoms with Crippen LogP contribution in [0, 0.1) is 0 Å². The Labute approximate surface area is 134 Å². The molecule has 0 saturated carbocycles. The largest absolute Gasteiger partial charge is 0.461 e. The number of hydrogen-bond donors (Lipinski definition) is 0. The van der Waals surface area contributed by atoms with Crippen LogP contribution in [0.2, 0.25) is 5.02 Å². The molecule has 5 heteroatoms. The smallest absolute Gasteiger partial charge is 0.223 e. The molecule has 1 aliphatic heterocycles. The van der Waals surface area contributed by atoms with E-state index in [4.69, 9.17) is 20.8 Å². The molecule has 0 radical (unpaired) electrons. The van der Waals surface area contributed by atoms with E-state index < -0.39 is 0 Å². The van der Waals surface area contributed by atoms with Crippen molar-refractivity contribution >= 4 is 17.5 Å². The van der Waals surface area contributed by atoms with Gasteiger partial charge in [0.25, 0.3) is 0 Å². The summed E-state index contributed by atoms with van der Waals surface area (Å²) in [6.45, 7) is 2.64. The first kappa shape index (κ1) is 15.1. The molecule has 3 rings (SSSR count). The fraction of sp³-hybridized carbons (Fsp3) is 0.353. The van der Waals surface area contributed by atoms with Crippen molar-refractivity contribution in [2.24, 2.45) is 0 Å². The number of carbonyl (C=O) groups excluding carboxylic acids is 1. The summed E-state index contributed by atoms with van der Waals surface area (Å²) >= 11 is 5.88. The van der Waals surface area contributed by atoms with Crippen LogP contribution in [-0.4, -0.2) is 37.1 Å². The maximum absolute atomic E-state index is 12.1. The van der Waals surface area contributed by atoms with E-state index in [1.54, 1.807) is 0 Å². The molecule has 2 aromatic rings. The topological polar surface area (TPSA) is 42.7 Å². The standard InChI is InChI=1S/C17H18ClNO3/c18-14-3-1-13(2-4-14)16-7-5-15(22-16)6-8-17(20)19-9-11-21-12-10-19/h1-5,7H,6,8-12H2. The average Bonchev–Trinajstić information content (AvgIpc) is 3.03. The molecule has 1 aromatic heterocycles. The predicted molar refractivity (Wildman–Crippen MR) is 84.9 cm³/mol. The number of carbonyl (C=O) groups is 1. The van der Waals surface area contributed by atoms with Gasteiger partial charge in [-0.2, -0.15) is 0 Å². The van der Waals surface area contributed by atoms with E-state index in [1.165, 1.54) is 0 Å². The maximum atomic E-state index is 12.1. The highest BCUT2D eigenvalue weighted by atomic mass is 35.5. The molecule has 4 nitrogen and oxygen atoms in total. The second-order valence-corrected chi connectivity index (χ2v) is 5.70. The highest BCUT2D eigenvalue weighted by Gasteiger charge is 2.17. The van der Waals surface area contributed by atoms with Crippen LogP contribution < -0.4 is 0 Å². The number of benzene rings is 1. The van der Waals surface area contributed by atoms with E-state index in [0.717, 1.165) is 17.1 Å². The number of amides is 1. The van der Waals surface area contributed by atoms with Gasteiger partial charge in [-0.05, 0) is 36.4 Å². The fourth-order valence-corrected chi connectivity index (χ4v) is 2.61. The summed E-state index contributed by atoms with van der Waals surface area (Å²) in [6.07, 6.45) is 1.08. The van der Waals surface area contributed by atoms with Gasteiger partial charge in [-0.25, -0.2) is 0 Å². The van der Waals surface area contributed by atoms with Crippen molar-refractivity contribution in [3.63, 3.8) is 0 Å². The summed E-state index contributed by atoms with van der Waals surface area (Å²) in [6, 6.07) is 11.4. The lowest BCUT2D eigenvalue weighted by atomic mass is 10.2. The Morgan fingerprint density at radius 3 is 2.55 bits per heavy atom. The summed E-state index contributed by atoms with van der Waals surface area (Å²) in [4.78, 5) is 14.0. The quantitative estimate of drug-likeness (QED) is 0.867. The Kier molecular flexibility index (Phi) is 4.80. The number of aryl methyl sites for hydroxylation is 1. The van der Waals surface area contributed by atoms with Gasteiger partial charge >= 0.3 is 0 Å². The third-order valence-corrected chi connectivity index (χ3v) is 3.99. The summed E-state index contributed by atoms with van der Waals surface area (Å²) in [7, 11) is 0. The minimum Gasteiger partial charge on any atom is -0.461 e. The zero-order chi connectivity index (χ0) is 15.4. The van der Waals surface area contributed by atoms with E-state index in [9.17, 15) is 4.79 Å². The predicted octanol–water partition coefficient (Wildman–Crippen LogP) is 3.39. The first-order valence-electron chi connectivity index (χ1n) is 7.42. The molecule has 1 saturated heterocycles. The molecule has 0 unspecified atom stereocenters. The third kappa shape index (κ3) is 3.70. The summed E-state index contributed by atoms with van der Waals surface area (Å²) in [5.41, 5.74) is 0.982. The minimum absolute atomic E-state index is 0.160. The normalized spacial score (nSPS) is 15.0. The minimum atomic E-state index is 0.160. The Hall–Kier alpha value is -1.78. The van der Waals surface area contributed by atoms with E-state index in [-0.39, 0.29) is 5.91 Å². The fourth-order valence-electron chi connectivity index (χ4n) is 2.48. The molecule has 1 aliphatic rings. The van der Waals surface area contributed by atoms with Gasteiger partial charge in [-0.15, -0.1) is 0 Å². The Morgan fingerprint density at radius 2 is 1.82 bits per heavy atom. The second-order valence-electron chi connectivity index (χ2n) is 5.27. The number of rotatable bonds is 4. The molecule has 1 aromatic carbocycles. The molecule has 0 bridgehead atoms. The third-order valence-electron chi connectivity index (χ3n) is 3.74. The summed E-state index contributed by atoms with van der Waals surface area (Å²) in [5, 5.41) is 0.701. The summed E-state index contributed by atoms with van der Waals surface area (Å²) < 4.78 is 11.1. The molecule has 0 aliphatic carbocycles. The van der Waals surface area contributed by atoms with Crippen LogP contribution in [0.3, 0.4) is 0 Å². The summed E-state index contributed by atoms with van der Waals surface area (Å²) in [5.74, 6) is 1.78. The van der Waals surface area contributed by atoms with Gasteiger partial charge in [0.05, 0.1) is 13.2 Å². The molecule has 0 atom stereocenters. The van der Waals surface area contributed by atoms with Crippen LogP contribution in [0.25, 0.3) is 11.3 Å². The molecule has 0 N–H and O–H groups in total. The van der Waals surface area contributed by atoms with Crippen molar-refractivity contribution in [1.29, 1.82) is 0 Å². The van der Waals surface area contributed by atoms with Crippen molar-refractivity contribution in [2.45, 2.75) is 12.8 Å². The van der Waals surface area contributed by atoms with Gasteiger partial charge < -0.3 is 14.1 Å². The number of furan rings is 1. The van der Waals surface area contributed by atoms with E-state index in [2.05, 4.69) is 0 Å². The van der Waals surface area contributed by atoms with Crippen molar-refractivity contribution in [3.8, 4) is 11.3 Å². The maximum Gasteiger partial charge on any atom is 0.223 e. The van der Waals surface area contributed by atoms with Gasteiger partial charge in [0.2, 0.25) is 5.91 Å². The van der Waals surface area contributed by atoms with Crippen molar-refractivity contribution in [2.75, 3.05) is 26.3 Å². The van der Waals surface area contributed by atoms with E-state index >= 15 is 0 Å². The molecule has 1 fully saturated rings. The number of morpholine rings is 1. The Balaban J connectivity index is 1.57. The van der Waals surface area contributed by atoms with Crippen molar-refractivity contribution in [1.82, 2.24) is 4.90 Å². The number of ether oxygens (including phenoxy) is 1. The van der Waals surface area contributed by atoms with Crippen molar-refractivity contribution in [3.05, 3.63) is 47.2 Å². The highest BCUT2D eigenvalue weighted by Crippen LogP contribution is 2.24. The van der Waals surface area contributed by atoms with Crippen LogP contribution in [0.15, 0.2) is 40.8 Å². The average molecular weight is 320 g/mol. The van der Waals surface area contributed by atoms with E-state index in [0.29, 0.717) is 44.2 Å². The molecular weight excluding hydrogens is 302 g/mol. The SMILES string of the molecule is O=C(CCc1ccc(-c2ccc(Cl)cc2)o1)N1CCOCC1. The molecule has 0 spiro atoms. The van der Waals surface area contributed by atoms with Crippen LogP contribution in [0.5, 0.6) is 0 Å². The van der Waals surface area contributed by atoms with Gasteiger partial charge in [-0.1, -0.05) is 11.6 Å². The lowest BCUT2D eigenvalue weighted by molar-refractivity contribution is -0.135. The Bertz CT molecular complexity index is 630. The number of hydrogen-bond acceptors (Lipinski definition) is 3. The zero-order valence-corrected chi connectivity index (χ0v) is 13.0. The Morgan fingerprint density at radius 1 is 1.09 bits per heavy atom. The highest BCUT2D eigenvalue weighted by molar-refractivity contribution is 6.30. The van der Waals surface area contributed by atoms with Crippen LogP contribution >= 0.6 is 11.6 Å². The van der Waals surface area contributed by atoms with Gasteiger partial charge in [-0.3, -0.25) is 4.79 Å². The van der Waals surface area contributed by atoms with Gasteiger partial charge in [0.15, 0.2) is 0 Å². The lowest BCUT2D eigenvalue weighted by Crippen LogP contribution is -2.40. The first-order chi connectivity index (χ1) is 10.7. The number of nitrogens with zero attached hydrogens (tertiary/aromatic N) is 1. The second kappa shape index (κ2) is 6.99. The van der Waals surface area contributed by atoms with Crippen molar-refractivity contribution < 1.29 is 13.9 Å². The van der Waals surface area contributed by atoms with Crippen LogP contribution in [0.1, 0.15) is 12.2 Å². The molecular formula is C17H18ClNO3. The van der Waals surface area contributed by atoms with Gasteiger partial charge in [0, 0.05) is 36.5 Å². The lowest BCUT2D eigenvalue weighted by Gasteiger charge is -2.26. The molecule has 2 heterocycles. The van der Waals surface area contributed by atoms with E-state index in [1.807, 2.05) is 41.3 Å². The molecule has 116 valence electrons. The van der Waals surface area contributed by atoms with Gasteiger partial charge in [0.1, 0.15) is 11.5 Å².